The second-order valence-corrected chi connectivity index (χ2v) is 10.6. The average molecular weight is 587 g/mol. The smallest absolute Gasteiger partial charge is 0.136 e. The first-order chi connectivity index (χ1) is 28.1. The highest BCUT2D eigenvalue weighted by molar-refractivity contribution is 6.23. The first-order valence-corrected chi connectivity index (χ1v) is 14.3. The van der Waals surface area contributed by atoms with Crippen molar-refractivity contribution in [1.29, 1.82) is 0 Å². The number of rotatable bonds is 4. The Hall–Kier alpha value is -5.92. The van der Waals surface area contributed by atoms with Crippen molar-refractivity contribution in [3.63, 3.8) is 0 Å². The summed E-state index contributed by atoms with van der Waals surface area (Å²) in [7, 11) is 0. The van der Waals surface area contributed by atoms with E-state index in [0.29, 0.717) is 65.7 Å². The number of para-hydroxylation sites is 1. The molecule has 9 aromatic rings. The molecular weight excluding hydrogens is 544 g/mol. The molecule has 1 heterocycles. The van der Waals surface area contributed by atoms with E-state index in [1.807, 2.05) is 36.4 Å². The fourth-order valence-electron chi connectivity index (χ4n) is 6.35. The molecule has 0 aliphatic carbocycles. The maximum atomic E-state index is 9.34. The second-order valence-electron chi connectivity index (χ2n) is 10.6. The molecule has 0 atom stereocenters. The summed E-state index contributed by atoms with van der Waals surface area (Å²) in [5.41, 5.74) is 2.11. The minimum atomic E-state index is -0.652. The van der Waals surface area contributed by atoms with Crippen LogP contribution in [0.4, 0.5) is 0 Å². The Labute approximate surface area is 281 Å². The summed E-state index contributed by atoms with van der Waals surface area (Å²) in [5.74, 6) is 0. The predicted molar refractivity (Wildman–Crippen MR) is 190 cm³/mol. The molecule has 8 aromatic carbocycles. The van der Waals surface area contributed by atoms with E-state index in [1.165, 1.54) is 0 Å². The van der Waals surface area contributed by atoms with Gasteiger partial charge < -0.3 is 4.42 Å². The van der Waals surface area contributed by atoms with Crippen LogP contribution >= 0.6 is 0 Å². The molecule has 0 radical (unpaired) electrons. The van der Waals surface area contributed by atoms with Gasteiger partial charge in [-0.3, -0.25) is 0 Å². The first kappa shape index (κ1) is 15.2. The summed E-state index contributed by atoms with van der Waals surface area (Å²) in [6.07, 6.45) is 0. The van der Waals surface area contributed by atoms with E-state index in [9.17, 15) is 1.37 Å². The summed E-state index contributed by atoms with van der Waals surface area (Å²) in [5, 5.41) is 3.45. The highest BCUT2D eigenvalue weighted by Gasteiger charge is 2.21. The maximum absolute atomic E-state index is 9.34. The molecule has 0 amide bonds. The van der Waals surface area contributed by atoms with E-state index in [1.54, 1.807) is 48.5 Å². The Morgan fingerprint density at radius 3 is 1.49 bits per heavy atom. The third-order valence-electron chi connectivity index (χ3n) is 8.16. The molecule has 0 bridgehead atoms. The van der Waals surface area contributed by atoms with Crippen molar-refractivity contribution in [2.75, 3.05) is 0 Å². The predicted octanol–water partition coefficient (Wildman–Crippen LogP) is 12.6. The van der Waals surface area contributed by atoms with Gasteiger partial charge >= 0.3 is 0 Å². The van der Waals surface area contributed by atoms with E-state index in [2.05, 4.69) is 0 Å². The molecule has 0 fully saturated rings. The molecular formula is C44H28O. The van der Waals surface area contributed by atoms with E-state index in [0.717, 1.165) is 0 Å². The van der Waals surface area contributed by atoms with Crippen molar-refractivity contribution in [2.24, 2.45) is 0 Å². The molecule has 0 N–H and O–H groups in total. The lowest BCUT2D eigenvalue weighted by molar-refractivity contribution is 0.669. The Morgan fingerprint density at radius 1 is 0.378 bits per heavy atom. The SMILES string of the molecule is [2H]c1c([2H])c([2H])c(-c2c([2H])c([2H])c([2H])c([2H])c2-c2c3ccccc3c(-c3cc(-c4c([2H])c([2H])c([2H])c([2H])c4[2H])c4c(c3)oc3ccccc34)c3ccccc23)c([2H])c1[2H]. The van der Waals surface area contributed by atoms with E-state index in [4.69, 9.17) is 22.2 Å². The van der Waals surface area contributed by atoms with Crippen LogP contribution in [-0.2, 0) is 0 Å². The molecule has 210 valence electrons. The molecule has 0 aliphatic heterocycles. The van der Waals surface area contributed by atoms with Gasteiger partial charge in [0.15, 0.2) is 0 Å². The molecule has 0 spiro atoms. The first-order valence-electron chi connectivity index (χ1n) is 21.3. The number of benzene rings is 8. The zero-order chi connectivity index (χ0) is 41.9. The molecule has 45 heavy (non-hydrogen) atoms. The minimum Gasteiger partial charge on any atom is -0.456 e. The van der Waals surface area contributed by atoms with Crippen molar-refractivity contribution < 1.29 is 23.6 Å². The zero-order valence-corrected chi connectivity index (χ0v) is 23.5. The third kappa shape index (κ3) is 4.09. The Balaban J connectivity index is 1.47. The van der Waals surface area contributed by atoms with Gasteiger partial charge in [0.05, 0.1) is 19.2 Å². The zero-order valence-electron chi connectivity index (χ0n) is 37.5. The Morgan fingerprint density at radius 2 is 0.867 bits per heavy atom. The standard InChI is InChI=1S/C44H28O/c1-3-15-29(16-4-1)32-19-7-8-20-33(32)43-36-23-11-9-21-34(36)42(35-22-10-12-24-37(35)43)31-27-39(30-17-5-2-6-18-30)44-38-25-13-14-26-40(38)45-41(44)28-31/h1-28H/i1D,2D,3D,4D,5D,6D,7D,8D,15D,16D,17D,18D,19D,20D. The Bertz CT molecular complexity index is 3220. The summed E-state index contributed by atoms with van der Waals surface area (Å²) in [6, 6.07) is 17.5. The van der Waals surface area contributed by atoms with Crippen LogP contribution in [0, 0.1) is 0 Å². The van der Waals surface area contributed by atoms with Crippen LogP contribution < -0.4 is 0 Å². The van der Waals surface area contributed by atoms with Crippen molar-refractivity contribution in [3.8, 4) is 44.5 Å². The molecule has 1 nitrogen and oxygen atoms in total. The fraction of sp³-hybridized carbons (Fsp3) is 0. The summed E-state index contributed by atoms with van der Waals surface area (Å²) >= 11 is 0. The normalized spacial score (nSPS) is 15.9. The van der Waals surface area contributed by atoms with Gasteiger partial charge in [0.1, 0.15) is 11.2 Å². The van der Waals surface area contributed by atoms with Gasteiger partial charge in [-0.05, 0) is 84.3 Å². The lowest BCUT2D eigenvalue weighted by atomic mass is 9.83. The summed E-state index contributed by atoms with van der Waals surface area (Å²) in [6.45, 7) is 0. The molecule has 1 aromatic heterocycles. The van der Waals surface area contributed by atoms with Gasteiger partial charge in [-0.15, -0.1) is 0 Å². The van der Waals surface area contributed by atoms with Gasteiger partial charge in [-0.25, -0.2) is 0 Å². The largest absolute Gasteiger partial charge is 0.456 e. The summed E-state index contributed by atoms with van der Waals surface area (Å²) < 4.78 is 128. The van der Waals surface area contributed by atoms with E-state index in [-0.39, 0.29) is 34.3 Å². The highest BCUT2D eigenvalue weighted by atomic mass is 16.3. The molecule has 1 heteroatoms. The van der Waals surface area contributed by atoms with E-state index >= 15 is 0 Å². The van der Waals surface area contributed by atoms with Crippen molar-refractivity contribution in [3.05, 3.63) is 170 Å². The highest BCUT2D eigenvalue weighted by Crippen LogP contribution is 2.48. The summed E-state index contributed by atoms with van der Waals surface area (Å²) in [4.78, 5) is 0. The second kappa shape index (κ2) is 10.4. The monoisotopic (exact) mass is 586 g/mol. The number of fused-ring (bicyclic) bond motifs is 5. The lowest BCUT2D eigenvalue weighted by Crippen LogP contribution is -1.93. The van der Waals surface area contributed by atoms with Crippen LogP contribution in [0.25, 0.3) is 88.0 Å². The van der Waals surface area contributed by atoms with Crippen molar-refractivity contribution in [2.45, 2.75) is 0 Å². The fourth-order valence-corrected chi connectivity index (χ4v) is 6.35. The molecule has 0 unspecified atom stereocenters. The van der Waals surface area contributed by atoms with Gasteiger partial charge in [0.25, 0.3) is 0 Å². The van der Waals surface area contributed by atoms with Crippen molar-refractivity contribution in [1.82, 2.24) is 0 Å². The lowest BCUT2D eigenvalue weighted by Gasteiger charge is -2.20. The van der Waals surface area contributed by atoms with Crippen LogP contribution in [0.5, 0.6) is 0 Å². The average Bonchev–Trinajstić information content (AvgIpc) is 3.62. The van der Waals surface area contributed by atoms with Crippen LogP contribution in [0.2, 0.25) is 0 Å². The third-order valence-corrected chi connectivity index (χ3v) is 8.16. The number of furan rings is 1. The van der Waals surface area contributed by atoms with Gasteiger partial charge in [-0.2, -0.15) is 0 Å². The molecule has 0 saturated carbocycles. The van der Waals surface area contributed by atoms with Crippen LogP contribution in [-0.4, -0.2) is 0 Å². The minimum absolute atomic E-state index is 0.0109. The van der Waals surface area contributed by atoms with Gasteiger partial charge in [0, 0.05) is 10.8 Å². The van der Waals surface area contributed by atoms with Crippen LogP contribution in [0.1, 0.15) is 19.2 Å². The van der Waals surface area contributed by atoms with Crippen LogP contribution in [0.15, 0.2) is 174 Å². The maximum Gasteiger partial charge on any atom is 0.136 e. The molecule has 0 saturated heterocycles. The molecule has 9 rings (SSSR count). The van der Waals surface area contributed by atoms with E-state index < -0.39 is 72.5 Å². The number of hydrogen-bond donors (Lipinski definition) is 0. The van der Waals surface area contributed by atoms with Gasteiger partial charge in [-0.1, -0.05) is 151 Å². The number of hydrogen-bond acceptors (Lipinski definition) is 1. The Kier molecular flexibility index (Phi) is 3.50. The van der Waals surface area contributed by atoms with Gasteiger partial charge in [0.2, 0.25) is 0 Å². The quantitative estimate of drug-likeness (QED) is 0.187. The van der Waals surface area contributed by atoms with Crippen molar-refractivity contribution >= 4 is 43.5 Å². The molecule has 0 aliphatic rings. The topological polar surface area (TPSA) is 13.1 Å². The van der Waals surface area contributed by atoms with Crippen LogP contribution in [0.3, 0.4) is 0 Å².